The Labute approximate surface area is 98.9 Å². The lowest BCUT2D eigenvalue weighted by atomic mass is 10.2. The van der Waals surface area contributed by atoms with Crippen molar-refractivity contribution in [1.82, 2.24) is 4.57 Å². The highest BCUT2D eigenvalue weighted by Crippen LogP contribution is 2.23. The predicted molar refractivity (Wildman–Crippen MR) is 62.2 cm³/mol. The molecule has 1 aliphatic rings. The summed E-state index contributed by atoms with van der Waals surface area (Å²) in [5.74, 6) is -1.25. The molecule has 1 aromatic rings. The minimum Gasteiger partial charge on any atom is -0.477 e. The van der Waals surface area contributed by atoms with Crippen LogP contribution < -0.4 is 5.43 Å². The van der Waals surface area contributed by atoms with Crippen molar-refractivity contribution in [2.75, 3.05) is 0 Å². The first kappa shape index (κ1) is 11.7. The van der Waals surface area contributed by atoms with E-state index < -0.39 is 22.1 Å². The Kier molecular flexibility index (Phi) is 2.95. The Morgan fingerprint density at radius 3 is 2.82 bits per heavy atom. The molecule has 0 aromatic carbocycles. The number of carboxylic acids is 1. The number of aryl methyl sites for hydroxylation is 1. The van der Waals surface area contributed by atoms with Crippen molar-refractivity contribution in [3.05, 3.63) is 33.0 Å². The number of pyridine rings is 1. The summed E-state index contributed by atoms with van der Waals surface area (Å²) in [4.78, 5) is 22.8. The highest BCUT2D eigenvalue weighted by atomic mass is 32.2. The van der Waals surface area contributed by atoms with Crippen LogP contribution in [0, 0.1) is 0 Å². The zero-order valence-corrected chi connectivity index (χ0v) is 9.77. The minimum absolute atomic E-state index is 0.265. The van der Waals surface area contributed by atoms with Gasteiger partial charge in [-0.3, -0.25) is 10.0 Å². The lowest BCUT2D eigenvalue weighted by Gasteiger charge is -2.11. The van der Waals surface area contributed by atoms with Crippen molar-refractivity contribution in [1.29, 1.82) is 0 Å². The van der Waals surface area contributed by atoms with Gasteiger partial charge in [0, 0.05) is 23.4 Å². The monoisotopic (exact) mass is 254 g/mol. The van der Waals surface area contributed by atoms with E-state index in [9.17, 15) is 9.59 Å². The van der Waals surface area contributed by atoms with E-state index in [2.05, 4.69) is 4.53 Å². The highest BCUT2D eigenvalue weighted by molar-refractivity contribution is 7.90. The summed E-state index contributed by atoms with van der Waals surface area (Å²) in [6, 6.07) is 0. The molecular weight excluding hydrogens is 244 g/mol. The second kappa shape index (κ2) is 4.27. The lowest BCUT2D eigenvalue weighted by Crippen LogP contribution is -2.22. The standard InChI is InChI=1S/C10H10N2O4S/c1-2-12-5-7(10(14)15)8(13)6-3-4-17(11-16)9(6)12/h3-5,16H,2H2,1H3,(H,14,15). The van der Waals surface area contributed by atoms with Crippen LogP contribution in [0.1, 0.15) is 22.8 Å². The molecule has 0 spiro atoms. The molecule has 0 saturated carbocycles. The number of aromatic carboxylic acids is 1. The maximum atomic E-state index is 11.9. The number of carboxylic acid groups (broad SMARTS) is 1. The first-order chi connectivity index (χ1) is 8.10. The number of rotatable bonds is 2. The van der Waals surface area contributed by atoms with Crippen molar-refractivity contribution in [3.8, 4) is 0 Å². The Hall–Kier alpha value is -1.73. The number of hydrogen-bond acceptors (Lipinski definition) is 3. The largest absolute Gasteiger partial charge is 0.477 e. The molecule has 17 heavy (non-hydrogen) atoms. The fourth-order valence-corrected chi connectivity index (χ4v) is 3.03. The molecule has 2 N–H and O–H groups in total. The van der Waals surface area contributed by atoms with Crippen molar-refractivity contribution < 1.29 is 15.1 Å². The van der Waals surface area contributed by atoms with E-state index in [4.69, 9.17) is 10.3 Å². The minimum atomic E-state index is -1.25. The molecular formula is C10H10N2O4S. The van der Waals surface area contributed by atoms with Gasteiger partial charge in [0.25, 0.3) is 0 Å². The van der Waals surface area contributed by atoms with Crippen LogP contribution in [0.2, 0.25) is 0 Å². The second-order valence-electron chi connectivity index (χ2n) is 3.38. The number of carbonyl (C=O) groups is 1. The van der Waals surface area contributed by atoms with Gasteiger partial charge in [-0.05, 0) is 18.4 Å². The van der Waals surface area contributed by atoms with Gasteiger partial charge in [-0.1, -0.05) is 0 Å². The summed E-state index contributed by atoms with van der Waals surface area (Å²) in [5, 5.41) is 19.9. The summed E-state index contributed by atoms with van der Waals surface area (Å²) in [6.45, 7) is 2.33. The molecule has 0 radical (unpaired) electrons. The SMILES string of the molecule is CCn1cc(C(=O)O)c(=O)c2c1S(=NO)C=C2. The van der Waals surface area contributed by atoms with Crippen molar-refractivity contribution in [3.63, 3.8) is 0 Å². The van der Waals surface area contributed by atoms with Gasteiger partial charge >= 0.3 is 5.97 Å². The third kappa shape index (κ3) is 1.73. The average molecular weight is 254 g/mol. The summed E-state index contributed by atoms with van der Waals surface area (Å²) < 4.78 is 4.81. The molecule has 1 aromatic heterocycles. The van der Waals surface area contributed by atoms with E-state index in [1.54, 1.807) is 9.98 Å². The van der Waals surface area contributed by atoms with Crippen molar-refractivity contribution in [2.45, 2.75) is 18.5 Å². The molecule has 0 bridgehead atoms. The fraction of sp³-hybridized carbons (Fsp3) is 0.200. The van der Waals surface area contributed by atoms with Gasteiger partial charge < -0.3 is 9.67 Å². The van der Waals surface area contributed by atoms with Crippen LogP contribution >= 0.6 is 0 Å². The first-order valence-corrected chi connectivity index (χ1v) is 6.11. The summed E-state index contributed by atoms with van der Waals surface area (Å²) in [6.07, 6.45) is 2.81. The molecule has 1 aliphatic heterocycles. The molecule has 0 amide bonds. The van der Waals surface area contributed by atoms with E-state index in [0.717, 1.165) is 0 Å². The molecule has 1 unspecified atom stereocenters. The van der Waals surface area contributed by atoms with Crippen LogP contribution in [-0.4, -0.2) is 20.9 Å². The number of nitrogens with zero attached hydrogens (tertiary/aromatic N) is 2. The van der Waals surface area contributed by atoms with Gasteiger partial charge in [0.2, 0.25) is 5.43 Å². The zero-order valence-electron chi connectivity index (χ0n) is 8.95. The molecule has 0 saturated heterocycles. The topological polar surface area (TPSA) is 91.9 Å². The smallest absolute Gasteiger partial charge is 0.341 e. The van der Waals surface area contributed by atoms with Gasteiger partial charge in [-0.15, -0.1) is 4.53 Å². The molecule has 2 rings (SSSR count). The average Bonchev–Trinajstić information content (AvgIpc) is 2.73. The molecule has 2 heterocycles. The van der Waals surface area contributed by atoms with Crippen molar-refractivity contribution >= 4 is 22.7 Å². The second-order valence-corrected chi connectivity index (χ2v) is 4.83. The Balaban J connectivity index is 2.83. The summed E-state index contributed by atoms with van der Waals surface area (Å²) in [7, 11) is -0.882. The first-order valence-electron chi connectivity index (χ1n) is 4.87. The Bertz CT molecular complexity index is 615. The van der Waals surface area contributed by atoms with Gasteiger partial charge in [0.05, 0.1) is 5.56 Å². The molecule has 0 aliphatic carbocycles. The summed E-state index contributed by atoms with van der Waals surface area (Å²) >= 11 is 0. The van der Waals surface area contributed by atoms with Gasteiger partial charge in [-0.25, -0.2) is 4.79 Å². The van der Waals surface area contributed by atoms with Gasteiger partial charge in [0.1, 0.15) is 10.6 Å². The van der Waals surface area contributed by atoms with Crippen LogP contribution in [0.15, 0.2) is 26.0 Å². The van der Waals surface area contributed by atoms with E-state index in [-0.39, 0.29) is 5.56 Å². The Morgan fingerprint density at radius 1 is 1.59 bits per heavy atom. The van der Waals surface area contributed by atoms with E-state index >= 15 is 0 Å². The van der Waals surface area contributed by atoms with Gasteiger partial charge in [-0.2, -0.15) is 0 Å². The molecule has 7 heteroatoms. The van der Waals surface area contributed by atoms with E-state index in [0.29, 0.717) is 17.1 Å². The summed E-state index contributed by atoms with van der Waals surface area (Å²) in [5.41, 5.74) is -0.501. The number of hydrogen-bond donors (Lipinski definition) is 2. The predicted octanol–water partition coefficient (Wildman–Crippen LogP) is 1.10. The molecule has 90 valence electrons. The number of aromatic nitrogens is 1. The zero-order chi connectivity index (χ0) is 12.6. The molecule has 6 nitrogen and oxygen atoms in total. The maximum absolute atomic E-state index is 11.9. The van der Waals surface area contributed by atoms with Crippen LogP contribution in [0.4, 0.5) is 0 Å². The lowest BCUT2D eigenvalue weighted by molar-refractivity contribution is 0.0694. The maximum Gasteiger partial charge on any atom is 0.341 e. The van der Waals surface area contributed by atoms with Crippen LogP contribution in [0.5, 0.6) is 0 Å². The molecule has 1 atom stereocenters. The van der Waals surface area contributed by atoms with Crippen LogP contribution in [0.25, 0.3) is 6.08 Å². The Morgan fingerprint density at radius 2 is 2.29 bits per heavy atom. The van der Waals surface area contributed by atoms with Crippen LogP contribution in [0.3, 0.4) is 0 Å². The fourth-order valence-electron chi connectivity index (χ4n) is 1.70. The number of fused-ring (bicyclic) bond motifs is 1. The van der Waals surface area contributed by atoms with Crippen molar-refractivity contribution in [2.24, 2.45) is 4.53 Å². The normalized spacial score (nSPS) is 17.4. The quantitative estimate of drug-likeness (QED) is 0.773. The third-order valence-electron chi connectivity index (χ3n) is 2.49. The van der Waals surface area contributed by atoms with E-state index in [1.807, 2.05) is 6.92 Å². The van der Waals surface area contributed by atoms with E-state index in [1.165, 1.54) is 12.3 Å². The molecule has 0 fully saturated rings. The third-order valence-corrected chi connectivity index (χ3v) is 3.91. The van der Waals surface area contributed by atoms with Gasteiger partial charge in [0.15, 0.2) is 0 Å². The highest BCUT2D eigenvalue weighted by Gasteiger charge is 2.22. The van der Waals surface area contributed by atoms with Crippen LogP contribution in [-0.2, 0) is 17.2 Å².